The van der Waals surface area contributed by atoms with E-state index in [9.17, 15) is 0 Å². The average Bonchev–Trinajstić information content (AvgIpc) is 2.79. The standard InChI is InChI=1S/C21H27NO/c1-8-12-19(9-2)23-20(10-3)13-16(5)14-22-15-17(6)18(7)21(22)11-4/h9-13,15H,2-3,5,7-8,14H2,1,4,6H3/b19-12+,20-13+,21-11+. The highest BCUT2D eigenvalue weighted by molar-refractivity contribution is 5.29. The second-order valence-electron chi connectivity index (χ2n) is 5.32. The van der Waals surface area contributed by atoms with Crippen LogP contribution in [0.25, 0.3) is 12.7 Å². The van der Waals surface area contributed by atoms with Crippen molar-refractivity contribution in [3.05, 3.63) is 83.5 Å². The maximum absolute atomic E-state index is 5.78. The van der Waals surface area contributed by atoms with Crippen molar-refractivity contribution in [3.8, 4) is 0 Å². The van der Waals surface area contributed by atoms with Crippen molar-refractivity contribution in [2.24, 2.45) is 0 Å². The first-order chi connectivity index (χ1) is 11.0. The minimum Gasteiger partial charge on any atom is -0.458 e. The van der Waals surface area contributed by atoms with Crippen molar-refractivity contribution in [1.82, 2.24) is 4.57 Å². The minimum atomic E-state index is 0.662. The monoisotopic (exact) mass is 309 g/mol. The van der Waals surface area contributed by atoms with Gasteiger partial charge in [-0.25, -0.2) is 0 Å². The van der Waals surface area contributed by atoms with Crippen LogP contribution in [0.1, 0.15) is 25.8 Å². The van der Waals surface area contributed by atoms with Crippen molar-refractivity contribution in [2.45, 2.75) is 33.7 Å². The van der Waals surface area contributed by atoms with Crippen molar-refractivity contribution in [1.29, 1.82) is 0 Å². The summed E-state index contributed by atoms with van der Waals surface area (Å²) in [5.41, 5.74) is 2.10. The van der Waals surface area contributed by atoms with Gasteiger partial charge in [-0.15, -0.1) is 0 Å². The van der Waals surface area contributed by atoms with Gasteiger partial charge in [0.1, 0.15) is 11.5 Å². The van der Waals surface area contributed by atoms with Gasteiger partial charge in [-0.3, -0.25) is 0 Å². The SMILES string of the molecule is C=C/C(=C\CC)O/C(C=C)=C/C(=C)Cn1cc(C)c(=C)/c1=C\C. The minimum absolute atomic E-state index is 0.662. The van der Waals surface area contributed by atoms with Crippen LogP contribution in [0.3, 0.4) is 0 Å². The molecule has 0 fully saturated rings. The zero-order chi connectivity index (χ0) is 17.4. The molecule has 23 heavy (non-hydrogen) atoms. The van der Waals surface area contributed by atoms with Gasteiger partial charge in [0.05, 0.1) is 0 Å². The van der Waals surface area contributed by atoms with Gasteiger partial charge in [0, 0.05) is 18.1 Å². The number of hydrogen-bond acceptors (Lipinski definition) is 1. The lowest BCUT2D eigenvalue weighted by Gasteiger charge is -2.09. The van der Waals surface area contributed by atoms with Crippen LogP contribution in [0.5, 0.6) is 0 Å². The Kier molecular flexibility index (Phi) is 7.14. The highest BCUT2D eigenvalue weighted by atomic mass is 16.5. The normalized spacial score (nSPS) is 13.1. The Bertz CT molecular complexity index is 756. The molecule has 1 aromatic heterocycles. The van der Waals surface area contributed by atoms with Gasteiger partial charge in [-0.1, -0.05) is 39.3 Å². The van der Waals surface area contributed by atoms with Crippen LogP contribution in [0.2, 0.25) is 0 Å². The molecule has 1 aromatic rings. The highest BCUT2D eigenvalue weighted by Gasteiger charge is 2.02. The fraction of sp³-hybridized carbons (Fsp3) is 0.238. The van der Waals surface area contributed by atoms with E-state index >= 15 is 0 Å². The first-order valence-electron chi connectivity index (χ1n) is 7.80. The maximum Gasteiger partial charge on any atom is 0.127 e. The number of hydrogen-bond donors (Lipinski definition) is 0. The molecular weight excluding hydrogens is 282 g/mol. The molecule has 0 saturated carbocycles. The number of aryl methyl sites for hydroxylation is 1. The summed E-state index contributed by atoms with van der Waals surface area (Å²) in [6.07, 6.45) is 12.3. The summed E-state index contributed by atoms with van der Waals surface area (Å²) in [7, 11) is 0. The first-order valence-corrected chi connectivity index (χ1v) is 7.80. The zero-order valence-electron chi connectivity index (χ0n) is 14.6. The van der Waals surface area contributed by atoms with Gasteiger partial charge < -0.3 is 9.30 Å². The molecule has 0 aliphatic rings. The molecule has 1 heterocycles. The second-order valence-corrected chi connectivity index (χ2v) is 5.32. The van der Waals surface area contributed by atoms with Crippen molar-refractivity contribution < 1.29 is 4.74 Å². The van der Waals surface area contributed by atoms with Gasteiger partial charge in [-0.2, -0.15) is 0 Å². The van der Waals surface area contributed by atoms with Crippen LogP contribution in [0.15, 0.2) is 67.3 Å². The van der Waals surface area contributed by atoms with Crippen LogP contribution >= 0.6 is 0 Å². The number of ether oxygens (including phenoxy) is 1. The molecule has 0 N–H and O–H groups in total. The molecule has 2 heteroatoms. The molecule has 0 unspecified atom stereocenters. The average molecular weight is 309 g/mol. The summed E-state index contributed by atoms with van der Waals surface area (Å²) in [6, 6.07) is 0. The van der Waals surface area contributed by atoms with Crippen LogP contribution in [-0.4, -0.2) is 4.57 Å². The largest absolute Gasteiger partial charge is 0.458 e. The lowest BCUT2D eigenvalue weighted by Crippen LogP contribution is -2.28. The fourth-order valence-electron chi connectivity index (χ4n) is 2.33. The Balaban J connectivity index is 2.99. The summed E-state index contributed by atoms with van der Waals surface area (Å²) in [5.74, 6) is 1.39. The summed E-state index contributed by atoms with van der Waals surface area (Å²) < 4.78 is 7.93. The third-order valence-electron chi connectivity index (χ3n) is 3.48. The third kappa shape index (κ3) is 5.03. The molecule has 0 spiro atoms. The van der Waals surface area contributed by atoms with Crippen molar-refractivity contribution in [2.75, 3.05) is 0 Å². The van der Waals surface area contributed by atoms with Gasteiger partial charge in [0.15, 0.2) is 0 Å². The van der Waals surface area contributed by atoms with E-state index in [0.717, 1.165) is 28.3 Å². The Labute approximate surface area is 139 Å². The lowest BCUT2D eigenvalue weighted by molar-refractivity contribution is 0.334. The Morgan fingerprint density at radius 3 is 2.43 bits per heavy atom. The molecule has 0 aliphatic heterocycles. The van der Waals surface area contributed by atoms with Crippen LogP contribution < -0.4 is 10.6 Å². The van der Waals surface area contributed by atoms with E-state index in [2.05, 4.69) is 57.0 Å². The van der Waals surface area contributed by atoms with E-state index in [0.29, 0.717) is 12.3 Å². The molecule has 2 nitrogen and oxygen atoms in total. The summed E-state index contributed by atoms with van der Waals surface area (Å²) in [5, 5.41) is 2.18. The Hall–Kier alpha value is -2.48. The zero-order valence-corrected chi connectivity index (χ0v) is 14.6. The van der Waals surface area contributed by atoms with Crippen LogP contribution in [0.4, 0.5) is 0 Å². The maximum atomic E-state index is 5.78. The fourth-order valence-corrected chi connectivity index (χ4v) is 2.33. The Morgan fingerprint density at radius 2 is 1.91 bits per heavy atom. The summed E-state index contributed by atoms with van der Waals surface area (Å²) in [4.78, 5) is 0. The van der Waals surface area contributed by atoms with Crippen LogP contribution in [-0.2, 0) is 11.3 Å². The highest BCUT2D eigenvalue weighted by Crippen LogP contribution is 2.12. The lowest BCUT2D eigenvalue weighted by atomic mass is 10.2. The van der Waals surface area contributed by atoms with E-state index in [4.69, 9.17) is 4.74 Å². The molecule has 122 valence electrons. The quantitative estimate of drug-likeness (QED) is 0.520. The van der Waals surface area contributed by atoms with Gasteiger partial charge in [0.2, 0.25) is 0 Å². The molecular formula is C21H27NO. The number of aromatic nitrogens is 1. The van der Waals surface area contributed by atoms with Gasteiger partial charge in [0.25, 0.3) is 0 Å². The first kappa shape index (κ1) is 18.6. The van der Waals surface area contributed by atoms with E-state index in [1.165, 1.54) is 5.56 Å². The predicted octanol–water partition coefficient (Wildman–Crippen LogP) is 4.13. The Morgan fingerprint density at radius 1 is 1.26 bits per heavy atom. The van der Waals surface area contributed by atoms with Crippen molar-refractivity contribution in [3.63, 3.8) is 0 Å². The second kappa shape index (κ2) is 8.84. The topological polar surface area (TPSA) is 14.2 Å². The molecule has 0 radical (unpaired) electrons. The van der Waals surface area contributed by atoms with E-state index in [1.54, 1.807) is 12.2 Å². The smallest absolute Gasteiger partial charge is 0.127 e. The number of allylic oxidation sites excluding steroid dienone is 5. The van der Waals surface area contributed by atoms with E-state index in [-0.39, 0.29) is 0 Å². The van der Waals surface area contributed by atoms with Gasteiger partial charge in [-0.05, 0) is 60.9 Å². The molecule has 0 aliphatic carbocycles. The molecule has 1 rings (SSSR count). The number of nitrogens with zero attached hydrogens (tertiary/aromatic N) is 1. The molecule has 0 amide bonds. The molecule has 0 aromatic carbocycles. The number of rotatable bonds is 8. The summed E-state index contributed by atoms with van der Waals surface area (Å²) >= 11 is 0. The van der Waals surface area contributed by atoms with Gasteiger partial charge >= 0.3 is 0 Å². The van der Waals surface area contributed by atoms with Crippen LogP contribution in [0, 0.1) is 6.92 Å². The van der Waals surface area contributed by atoms with E-state index < -0.39 is 0 Å². The molecule has 0 atom stereocenters. The van der Waals surface area contributed by atoms with Crippen molar-refractivity contribution >= 4 is 12.7 Å². The molecule has 0 bridgehead atoms. The van der Waals surface area contributed by atoms with E-state index in [1.807, 2.05) is 19.1 Å². The predicted molar refractivity (Wildman–Crippen MR) is 101 cm³/mol. The molecule has 0 saturated heterocycles. The third-order valence-corrected chi connectivity index (χ3v) is 3.48. The summed E-state index contributed by atoms with van der Waals surface area (Å²) in [6.45, 7) is 22.6.